The maximum Gasteiger partial charge on any atom is 0.0463 e. The van der Waals surface area contributed by atoms with Gasteiger partial charge in [-0.25, -0.2) is 0 Å². The first-order chi connectivity index (χ1) is 7.66. The quantitative estimate of drug-likeness (QED) is 0.700. The van der Waals surface area contributed by atoms with E-state index in [2.05, 4.69) is 43.4 Å². The second-order valence-electron chi connectivity index (χ2n) is 5.87. The third-order valence-electron chi connectivity index (χ3n) is 5.09. The number of fused-ring (bicyclic) bond motifs is 3. The molecule has 0 spiro atoms. The molecule has 1 aromatic rings. The Morgan fingerprint density at radius 1 is 1.12 bits per heavy atom. The summed E-state index contributed by atoms with van der Waals surface area (Å²) in [6, 6.07) is 8.99. The highest BCUT2D eigenvalue weighted by molar-refractivity contribution is 5.38. The monoisotopic (exact) mass is 215 g/mol. The fraction of sp³-hybridized carbons (Fsp3) is 0.600. The van der Waals surface area contributed by atoms with E-state index in [9.17, 15) is 0 Å². The van der Waals surface area contributed by atoms with Gasteiger partial charge in [-0.1, -0.05) is 31.2 Å². The van der Waals surface area contributed by atoms with Gasteiger partial charge in [0.05, 0.1) is 0 Å². The van der Waals surface area contributed by atoms with Crippen LogP contribution in [0.25, 0.3) is 0 Å². The zero-order chi connectivity index (χ0) is 11.2. The third kappa shape index (κ3) is 1.21. The molecule has 1 heterocycles. The first-order valence-electron chi connectivity index (χ1n) is 6.49. The molecule has 0 amide bonds. The fourth-order valence-electron chi connectivity index (χ4n) is 3.71. The molecule has 0 saturated carbocycles. The number of piperidine rings is 1. The summed E-state index contributed by atoms with van der Waals surface area (Å²) in [4.78, 5) is 0. The second kappa shape index (κ2) is 3.33. The zero-order valence-electron chi connectivity index (χ0n) is 10.3. The highest BCUT2D eigenvalue weighted by Crippen LogP contribution is 2.52. The average Bonchev–Trinajstić information content (AvgIpc) is 2.31. The first-order valence-corrected chi connectivity index (χ1v) is 6.49. The van der Waals surface area contributed by atoms with Gasteiger partial charge in [-0.15, -0.1) is 0 Å². The minimum Gasteiger partial charge on any atom is -0.307 e. The second-order valence-corrected chi connectivity index (χ2v) is 5.87. The molecule has 0 bridgehead atoms. The largest absolute Gasteiger partial charge is 0.307 e. The van der Waals surface area contributed by atoms with Gasteiger partial charge >= 0.3 is 0 Å². The molecule has 1 N–H and O–H groups in total. The molecule has 1 saturated heterocycles. The van der Waals surface area contributed by atoms with Crippen molar-refractivity contribution in [2.45, 2.75) is 45.1 Å². The van der Waals surface area contributed by atoms with E-state index in [1.54, 1.807) is 11.1 Å². The molecule has 0 unspecified atom stereocenters. The number of nitrogens with one attached hydrogen (secondary N) is 1. The molecule has 1 fully saturated rings. The summed E-state index contributed by atoms with van der Waals surface area (Å²) < 4.78 is 0. The molecule has 3 rings (SSSR count). The number of benzene rings is 1. The molecule has 1 aliphatic heterocycles. The zero-order valence-corrected chi connectivity index (χ0v) is 10.3. The van der Waals surface area contributed by atoms with Crippen molar-refractivity contribution in [1.82, 2.24) is 5.32 Å². The van der Waals surface area contributed by atoms with Crippen LogP contribution in [-0.2, 0) is 12.0 Å². The molecule has 0 aromatic heterocycles. The number of aryl methyl sites for hydroxylation is 1. The van der Waals surface area contributed by atoms with Crippen molar-refractivity contribution in [1.29, 1.82) is 0 Å². The molecule has 86 valence electrons. The number of hydrogen-bond acceptors (Lipinski definition) is 1. The van der Waals surface area contributed by atoms with E-state index in [0.29, 0.717) is 5.41 Å². The Hall–Kier alpha value is -0.820. The maximum absolute atomic E-state index is 3.79. The first kappa shape index (κ1) is 10.3. The molecule has 16 heavy (non-hydrogen) atoms. The Morgan fingerprint density at radius 3 is 2.81 bits per heavy atom. The predicted molar refractivity (Wildman–Crippen MR) is 67.5 cm³/mol. The van der Waals surface area contributed by atoms with Crippen LogP contribution in [-0.4, -0.2) is 6.54 Å². The van der Waals surface area contributed by atoms with E-state index in [4.69, 9.17) is 0 Å². The van der Waals surface area contributed by atoms with Crippen molar-refractivity contribution in [3.63, 3.8) is 0 Å². The SMILES string of the molecule is C[C@]12CCCN[C@@]1(C)c1ccccc1CC2. The minimum absolute atomic E-state index is 0.195. The summed E-state index contributed by atoms with van der Waals surface area (Å²) >= 11 is 0. The van der Waals surface area contributed by atoms with Gasteiger partial charge in [0.25, 0.3) is 0 Å². The van der Waals surface area contributed by atoms with Gasteiger partial charge < -0.3 is 5.32 Å². The van der Waals surface area contributed by atoms with Gasteiger partial charge in [0.2, 0.25) is 0 Å². The highest BCUT2D eigenvalue weighted by atomic mass is 15.0. The molecule has 0 radical (unpaired) electrons. The average molecular weight is 215 g/mol. The van der Waals surface area contributed by atoms with Gasteiger partial charge in [0.15, 0.2) is 0 Å². The molecule has 2 atom stereocenters. The number of hydrogen-bond donors (Lipinski definition) is 1. The van der Waals surface area contributed by atoms with Gasteiger partial charge in [0, 0.05) is 5.54 Å². The van der Waals surface area contributed by atoms with E-state index in [-0.39, 0.29) is 5.54 Å². The normalized spacial score (nSPS) is 37.6. The van der Waals surface area contributed by atoms with Crippen LogP contribution in [0.4, 0.5) is 0 Å². The predicted octanol–water partition coefficient (Wildman–Crippen LogP) is 3.24. The lowest BCUT2D eigenvalue weighted by Crippen LogP contribution is -2.58. The van der Waals surface area contributed by atoms with Crippen LogP contribution >= 0.6 is 0 Å². The van der Waals surface area contributed by atoms with E-state index < -0.39 is 0 Å². The lowest BCUT2D eigenvalue weighted by molar-refractivity contribution is 0.0476. The third-order valence-corrected chi connectivity index (χ3v) is 5.09. The summed E-state index contributed by atoms with van der Waals surface area (Å²) in [5.74, 6) is 0. The Morgan fingerprint density at radius 2 is 1.94 bits per heavy atom. The Bertz CT molecular complexity index is 412. The molecular formula is C15H21N. The topological polar surface area (TPSA) is 12.0 Å². The van der Waals surface area contributed by atoms with E-state index in [1.165, 1.54) is 32.2 Å². The van der Waals surface area contributed by atoms with Crippen molar-refractivity contribution in [2.75, 3.05) is 6.54 Å². The van der Waals surface area contributed by atoms with Gasteiger partial charge in [-0.2, -0.15) is 0 Å². The van der Waals surface area contributed by atoms with Crippen LogP contribution in [0.1, 0.15) is 44.2 Å². The van der Waals surface area contributed by atoms with Gasteiger partial charge in [-0.05, 0) is 55.7 Å². The van der Waals surface area contributed by atoms with E-state index in [1.807, 2.05) is 0 Å². The van der Waals surface area contributed by atoms with Crippen LogP contribution in [0.2, 0.25) is 0 Å². The lowest BCUT2D eigenvalue weighted by atomic mass is 9.57. The standard InChI is InChI=1S/C15H21N/c1-14-9-5-11-16-15(14,2)13-7-4-3-6-12(13)8-10-14/h3-4,6-7,16H,5,8-11H2,1-2H3/t14-,15+/m1/s1. The summed E-state index contributed by atoms with van der Waals surface area (Å²) in [6.07, 6.45) is 5.27. The molecule has 1 aromatic carbocycles. The van der Waals surface area contributed by atoms with Crippen molar-refractivity contribution < 1.29 is 0 Å². The Labute approximate surface area is 98.3 Å². The number of rotatable bonds is 0. The van der Waals surface area contributed by atoms with Crippen molar-refractivity contribution in [3.05, 3.63) is 35.4 Å². The lowest BCUT2D eigenvalue weighted by Gasteiger charge is -2.54. The highest BCUT2D eigenvalue weighted by Gasteiger charge is 2.49. The fourth-order valence-corrected chi connectivity index (χ4v) is 3.71. The van der Waals surface area contributed by atoms with Crippen molar-refractivity contribution in [3.8, 4) is 0 Å². The molecule has 2 aliphatic rings. The van der Waals surface area contributed by atoms with Crippen LogP contribution in [0.5, 0.6) is 0 Å². The van der Waals surface area contributed by atoms with E-state index in [0.717, 1.165) is 0 Å². The van der Waals surface area contributed by atoms with Gasteiger partial charge in [0.1, 0.15) is 0 Å². The van der Waals surface area contributed by atoms with Crippen LogP contribution in [0, 0.1) is 5.41 Å². The molecule has 1 heteroatoms. The molecule has 1 nitrogen and oxygen atoms in total. The van der Waals surface area contributed by atoms with Crippen molar-refractivity contribution in [2.24, 2.45) is 5.41 Å². The smallest absolute Gasteiger partial charge is 0.0463 e. The summed E-state index contributed by atoms with van der Waals surface area (Å²) in [7, 11) is 0. The Balaban J connectivity index is 2.15. The van der Waals surface area contributed by atoms with E-state index >= 15 is 0 Å². The molecule has 1 aliphatic carbocycles. The van der Waals surface area contributed by atoms with Gasteiger partial charge in [-0.3, -0.25) is 0 Å². The summed E-state index contributed by atoms with van der Waals surface area (Å²) in [5.41, 5.74) is 3.74. The van der Waals surface area contributed by atoms with Crippen LogP contribution in [0.3, 0.4) is 0 Å². The Kier molecular flexibility index (Phi) is 2.16. The van der Waals surface area contributed by atoms with Crippen LogP contribution in [0.15, 0.2) is 24.3 Å². The van der Waals surface area contributed by atoms with Crippen molar-refractivity contribution >= 4 is 0 Å². The summed E-state index contributed by atoms with van der Waals surface area (Å²) in [6.45, 7) is 6.04. The van der Waals surface area contributed by atoms with Crippen LogP contribution < -0.4 is 5.32 Å². The summed E-state index contributed by atoms with van der Waals surface area (Å²) in [5, 5.41) is 3.79. The minimum atomic E-state index is 0.195. The maximum atomic E-state index is 3.79. The molecular weight excluding hydrogens is 194 g/mol.